The van der Waals surface area contributed by atoms with E-state index in [4.69, 9.17) is 9.84 Å². The molecule has 5 nitrogen and oxygen atoms in total. The number of carbonyl (C=O) groups is 1. The molecule has 0 heterocycles. The van der Waals surface area contributed by atoms with E-state index < -0.39 is 5.97 Å². The van der Waals surface area contributed by atoms with E-state index in [0.717, 1.165) is 18.0 Å². The van der Waals surface area contributed by atoms with Gasteiger partial charge in [0.25, 0.3) is 0 Å². The predicted molar refractivity (Wildman–Crippen MR) is 74.5 cm³/mol. The quantitative estimate of drug-likeness (QED) is 0.504. The number of hydrogen-bond acceptors (Lipinski definition) is 4. The highest BCUT2D eigenvalue weighted by molar-refractivity contribution is 5.79. The van der Waals surface area contributed by atoms with Crippen molar-refractivity contribution in [3.05, 3.63) is 66.9 Å². The van der Waals surface area contributed by atoms with Gasteiger partial charge >= 0.3 is 5.97 Å². The van der Waals surface area contributed by atoms with Crippen molar-refractivity contribution in [1.29, 1.82) is 0 Å². The molecular formula is C15H12N2O3. The third kappa shape index (κ3) is 4.38. The van der Waals surface area contributed by atoms with Crippen LogP contribution in [0.5, 0.6) is 5.75 Å². The molecule has 0 aliphatic rings. The highest BCUT2D eigenvalue weighted by Crippen LogP contribution is 2.21. The zero-order valence-corrected chi connectivity index (χ0v) is 10.5. The summed E-state index contributed by atoms with van der Waals surface area (Å²) in [6.45, 7) is 0. The van der Waals surface area contributed by atoms with E-state index in [-0.39, 0.29) is 0 Å². The van der Waals surface area contributed by atoms with Crippen LogP contribution in [0, 0.1) is 0 Å². The Morgan fingerprint density at radius 1 is 0.950 bits per heavy atom. The molecule has 0 radical (unpaired) electrons. The molecule has 20 heavy (non-hydrogen) atoms. The number of carboxylic acid groups (broad SMARTS) is 1. The molecule has 2 aromatic carbocycles. The first kappa shape index (κ1) is 13.5. The lowest BCUT2D eigenvalue weighted by atomic mass is 10.3. The first-order chi connectivity index (χ1) is 9.74. The van der Waals surface area contributed by atoms with Crippen molar-refractivity contribution in [3.63, 3.8) is 0 Å². The van der Waals surface area contributed by atoms with E-state index in [0.29, 0.717) is 11.4 Å². The smallest absolute Gasteiger partial charge is 0.331 e. The molecule has 0 spiro atoms. The molecule has 0 saturated carbocycles. The zero-order valence-electron chi connectivity index (χ0n) is 10.5. The van der Waals surface area contributed by atoms with Crippen LogP contribution in [0.25, 0.3) is 0 Å². The molecule has 2 rings (SSSR count). The van der Waals surface area contributed by atoms with Crippen molar-refractivity contribution in [3.8, 4) is 5.75 Å². The number of hydrogen-bond donors (Lipinski definition) is 1. The Kier molecular flexibility index (Phi) is 4.61. The van der Waals surface area contributed by atoms with Gasteiger partial charge in [-0.3, -0.25) is 0 Å². The number of azo groups is 1. The second kappa shape index (κ2) is 6.84. The van der Waals surface area contributed by atoms with Crippen LogP contribution in [0.3, 0.4) is 0 Å². The lowest BCUT2D eigenvalue weighted by Crippen LogP contribution is -1.89. The number of benzene rings is 2. The van der Waals surface area contributed by atoms with Crippen LogP contribution >= 0.6 is 0 Å². The Labute approximate surface area is 115 Å². The zero-order chi connectivity index (χ0) is 14.2. The molecule has 0 bridgehead atoms. The summed E-state index contributed by atoms with van der Waals surface area (Å²) >= 11 is 0. The highest BCUT2D eigenvalue weighted by Gasteiger charge is 1.94. The van der Waals surface area contributed by atoms with Crippen molar-refractivity contribution >= 4 is 17.3 Å². The molecule has 0 unspecified atom stereocenters. The number of rotatable bonds is 5. The molecular weight excluding hydrogens is 256 g/mol. The van der Waals surface area contributed by atoms with Gasteiger partial charge in [-0.05, 0) is 36.4 Å². The first-order valence-electron chi connectivity index (χ1n) is 5.87. The molecule has 1 N–H and O–H groups in total. The fourth-order valence-corrected chi connectivity index (χ4v) is 1.37. The van der Waals surface area contributed by atoms with Crippen LogP contribution in [0.1, 0.15) is 0 Å². The summed E-state index contributed by atoms with van der Waals surface area (Å²) in [6, 6.07) is 16.2. The Balaban J connectivity index is 1.98. The summed E-state index contributed by atoms with van der Waals surface area (Å²) in [5.74, 6) is -0.528. The summed E-state index contributed by atoms with van der Waals surface area (Å²) in [5.41, 5.74) is 1.46. The lowest BCUT2D eigenvalue weighted by molar-refractivity contribution is -0.131. The first-order valence-corrected chi connectivity index (χ1v) is 5.87. The van der Waals surface area contributed by atoms with Gasteiger partial charge in [0.2, 0.25) is 0 Å². The Bertz CT molecular complexity index is 619. The standard InChI is InChI=1S/C15H12N2O3/c18-15(19)10-11-20-14-8-6-13(7-9-14)17-16-12-4-2-1-3-5-12/h1-11H,(H,18,19). The van der Waals surface area contributed by atoms with Crippen LogP contribution in [-0.4, -0.2) is 11.1 Å². The second-order valence-corrected chi connectivity index (χ2v) is 3.79. The lowest BCUT2D eigenvalue weighted by Gasteiger charge is -1.99. The highest BCUT2D eigenvalue weighted by atomic mass is 16.5. The van der Waals surface area contributed by atoms with E-state index in [1.807, 2.05) is 30.3 Å². The number of nitrogens with zero attached hydrogens (tertiary/aromatic N) is 2. The van der Waals surface area contributed by atoms with Gasteiger partial charge in [-0.15, -0.1) is 0 Å². The second-order valence-electron chi connectivity index (χ2n) is 3.79. The van der Waals surface area contributed by atoms with Crippen molar-refractivity contribution < 1.29 is 14.6 Å². The largest absolute Gasteiger partial charge is 0.478 e. The van der Waals surface area contributed by atoms with Gasteiger partial charge in [-0.1, -0.05) is 18.2 Å². The predicted octanol–water partition coefficient (Wildman–Crippen LogP) is 4.08. The molecule has 0 aliphatic heterocycles. The van der Waals surface area contributed by atoms with Gasteiger partial charge in [-0.25, -0.2) is 4.79 Å². The minimum Gasteiger partial charge on any atom is -0.478 e. The maximum atomic E-state index is 10.3. The third-order valence-corrected chi connectivity index (χ3v) is 2.29. The summed E-state index contributed by atoms with van der Waals surface area (Å²) < 4.78 is 5.10. The normalized spacial score (nSPS) is 11.0. The molecule has 5 heteroatoms. The van der Waals surface area contributed by atoms with Crippen LogP contribution in [0.15, 0.2) is 77.2 Å². The SMILES string of the molecule is O=C(O)C=COc1ccc(N=Nc2ccccc2)cc1. The molecule has 100 valence electrons. The minimum atomic E-state index is -1.06. The molecule has 2 aromatic rings. The Morgan fingerprint density at radius 2 is 1.55 bits per heavy atom. The maximum absolute atomic E-state index is 10.3. The average Bonchev–Trinajstić information content (AvgIpc) is 2.47. The third-order valence-electron chi connectivity index (χ3n) is 2.29. The monoisotopic (exact) mass is 268 g/mol. The number of carboxylic acids is 1. The molecule has 0 fully saturated rings. The fraction of sp³-hybridized carbons (Fsp3) is 0. The van der Waals surface area contributed by atoms with E-state index >= 15 is 0 Å². The molecule has 0 aromatic heterocycles. The topological polar surface area (TPSA) is 71.2 Å². The molecule has 0 atom stereocenters. The van der Waals surface area contributed by atoms with Crippen molar-refractivity contribution in [1.82, 2.24) is 0 Å². The van der Waals surface area contributed by atoms with E-state index in [1.165, 1.54) is 0 Å². The summed E-state index contributed by atoms with van der Waals surface area (Å²) in [6.07, 6.45) is 2.03. The Hall–Kier alpha value is -2.95. The van der Waals surface area contributed by atoms with E-state index in [9.17, 15) is 4.79 Å². The molecule has 0 aliphatic carbocycles. The van der Waals surface area contributed by atoms with Crippen LogP contribution in [-0.2, 0) is 4.79 Å². The van der Waals surface area contributed by atoms with E-state index in [2.05, 4.69) is 10.2 Å². The van der Waals surface area contributed by atoms with Crippen LogP contribution in [0.2, 0.25) is 0 Å². The van der Waals surface area contributed by atoms with Gasteiger partial charge in [-0.2, -0.15) is 10.2 Å². The Morgan fingerprint density at radius 3 is 2.15 bits per heavy atom. The van der Waals surface area contributed by atoms with Gasteiger partial charge < -0.3 is 9.84 Å². The minimum absolute atomic E-state index is 0.529. The summed E-state index contributed by atoms with van der Waals surface area (Å²) in [7, 11) is 0. The summed E-state index contributed by atoms with van der Waals surface area (Å²) in [5, 5.41) is 16.6. The average molecular weight is 268 g/mol. The molecule has 0 amide bonds. The van der Waals surface area contributed by atoms with Crippen molar-refractivity contribution in [2.75, 3.05) is 0 Å². The maximum Gasteiger partial charge on any atom is 0.331 e. The van der Waals surface area contributed by atoms with Gasteiger partial charge in [0.05, 0.1) is 23.7 Å². The van der Waals surface area contributed by atoms with Crippen LogP contribution < -0.4 is 4.74 Å². The van der Waals surface area contributed by atoms with Crippen molar-refractivity contribution in [2.24, 2.45) is 10.2 Å². The van der Waals surface area contributed by atoms with E-state index in [1.54, 1.807) is 24.3 Å². The van der Waals surface area contributed by atoms with Gasteiger partial charge in [0.1, 0.15) is 5.75 Å². The fourth-order valence-electron chi connectivity index (χ4n) is 1.37. The van der Waals surface area contributed by atoms with Gasteiger partial charge in [0.15, 0.2) is 0 Å². The van der Waals surface area contributed by atoms with Crippen LogP contribution in [0.4, 0.5) is 11.4 Å². The summed E-state index contributed by atoms with van der Waals surface area (Å²) in [4.78, 5) is 10.3. The van der Waals surface area contributed by atoms with Crippen molar-refractivity contribution in [2.45, 2.75) is 0 Å². The number of aliphatic carboxylic acids is 1. The van der Waals surface area contributed by atoms with Gasteiger partial charge in [0, 0.05) is 0 Å². The number of ether oxygens (including phenoxy) is 1. The molecule has 0 saturated heterocycles.